The Bertz CT molecular complexity index is 509. The van der Waals surface area contributed by atoms with Gasteiger partial charge in [0.05, 0.1) is 0 Å². The molecule has 90 valence electrons. The first-order valence-corrected chi connectivity index (χ1v) is 6.02. The SMILES string of the molecule is CNCc1cnc(Sc2nnnn2C)c(C)c1. The fraction of sp³-hybridized carbons (Fsp3) is 0.400. The van der Waals surface area contributed by atoms with Crippen LogP contribution in [0, 0.1) is 6.92 Å². The zero-order valence-electron chi connectivity index (χ0n) is 10.0. The summed E-state index contributed by atoms with van der Waals surface area (Å²) in [5, 5.41) is 16.1. The van der Waals surface area contributed by atoms with Gasteiger partial charge in [-0.25, -0.2) is 9.67 Å². The number of nitrogens with one attached hydrogen (secondary N) is 1. The van der Waals surface area contributed by atoms with Crippen molar-refractivity contribution in [2.24, 2.45) is 7.05 Å². The minimum Gasteiger partial charge on any atom is -0.316 e. The van der Waals surface area contributed by atoms with E-state index in [1.54, 1.807) is 4.68 Å². The Balaban J connectivity index is 2.19. The summed E-state index contributed by atoms with van der Waals surface area (Å²) in [6, 6.07) is 2.12. The van der Waals surface area contributed by atoms with E-state index in [1.165, 1.54) is 17.3 Å². The third-order valence-electron chi connectivity index (χ3n) is 2.24. The van der Waals surface area contributed by atoms with Gasteiger partial charge in [0.1, 0.15) is 5.03 Å². The van der Waals surface area contributed by atoms with E-state index in [0.29, 0.717) is 0 Å². The first-order chi connectivity index (χ1) is 8.20. The summed E-state index contributed by atoms with van der Waals surface area (Å²) in [4.78, 5) is 4.43. The van der Waals surface area contributed by atoms with Gasteiger partial charge in [0.15, 0.2) is 0 Å². The van der Waals surface area contributed by atoms with Crippen LogP contribution < -0.4 is 5.32 Å². The number of hydrogen-bond donors (Lipinski definition) is 1. The maximum absolute atomic E-state index is 4.43. The van der Waals surface area contributed by atoms with Crippen molar-refractivity contribution < 1.29 is 0 Å². The summed E-state index contributed by atoms with van der Waals surface area (Å²) in [5.41, 5.74) is 2.30. The van der Waals surface area contributed by atoms with Crippen molar-refractivity contribution in [1.82, 2.24) is 30.5 Å². The molecule has 0 aliphatic rings. The fourth-order valence-electron chi connectivity index (χ4n) is 1.42. The van der Waals surface area contributed by atoms with Crippen molar-refractivity contribution in [1.29, 1.82) is 0 Å². The van der Waals surface area contributed by atoms with Gasteiger partial charge in [-0.05, 0) is 47.3 Å². The number of rotatable bonds is 4. The Hall–Kier alpha value is -1.47. The van der Waals surface area contributed by atoms with Crippen molar-refractivity contribution in [3.05, 3.63) is 23.4 Å². The predicted octanol–water partition coefficient (Wildman–Crippen LogP) is 0.784. The summed E-state index contributed by atoms with van der Waals surface area (Å²) < 4.78 is 1.63. The van der Waals surface area contributed by atoms with Gasteiger partial charge in [0, 0.05) is 19.8 Å². The largest absolute Gasteiger partial charge is 0.316 e. The summed E-state index contributed by atoms with van der Waals surface area (Å²) in [5.74, 6) is 0. The lowest BCUT2D eigenvalue weighted by Gasteiger charge is -2.05. The van der Waals surface area contributed by atoms with Crippen LogP contribution in [0.15, 0.2) is 22.4 Å². The van der Waals surface area contributed by atoms with Gasteiger partial charge in [-0.15, -0.1) is 5.10 Å². The molecule has 6 nitrogen and oxygen atoms in total. The van der Waals surface area contributed by atoms with Crippen LogP contribution in [-0.2, 0) is 13.6 Å². The number of nitrogens with zero attached hydrogens (tertiary/aromatic N) is 5. The lowest BCUT2D eigenvalue weighted by molar-refractivity contribution is 0.664. The van der Waals surface area contributed by atoms with Crippen LogP contribution in [0.2, 0.25) is 0 Å². The molecule has 0 unspecified atom stereocenters. The lowest BCUT2D eigenvalue weighted by Crippen LogP contribution is -2.06. The number of hydrogen-bond acceptors (Lipinski definition) is 6. The molecule has 17 heavy (non-hydrogen) atoms. The normalized spacial score (nSPS) is 10.8. The van der Waals surface area contributed by atoms with Crippen LogP contribution in [0.1, 0.15) is 11.1 Å². The zero-order valence-corrected chi connectivity index (χ0v) is 10.8. The quantitative estimate of drug-likeness (QED) is 0.865. The average Bonchev–Trinajstić information content (AvgIpc) is 2.69. The van der Waals surface area contributed by atoms with Crippen molar-refractivity contribution in [3.63, 3.8) is 0 Å². The fourth-order valence-corrected chi connectivity index (χ4v) is 2.17. The highest BCUT2D eigenvalue weighted by Crippen LogP contribution is 2.26. The predicted molar refractivity (Wildman–Crippen MR) is 64.7 cm³/mol. The molecule has 1 N–H and O–H groups in total. The standard InChI is InChI=1S/C10H14N6S/c1-7-4-8(5-11-2)6-12-9(7)17-10-13-14-15-16(10)3/h4,6,11H,5H2,1-3H3. The van der Waals surface area contributed by atoms with E-state index in [1.807, 2.05) is 27.2 Å². The van der Waals surface area contributed by atoms with Gasteiger partial charge in [0.25, 0.3) is 0 Å². The van der Waals surface area contributed by atoms with Gasteiger partial charge in [-0.1, -0.05) is 6.07 Å². The van der Waals surface area contributed by atoms with E-state index >= 15 is 0 Å². The highest BCUT2D eigenvalue weighted by Gasteiger charge is 2.08. The summed E-state index contributed by atoms with van der Waals surface area (Å²) in [7, 11) is 3.73. The summed E-state index contributed by atoms with van der Waals surface area (Å²) in [6.07, 6.45) is 1.87. The van der Waals surface area contributed by atoms with Crippen molar-refractivity contribution in [2.75, 3.05) is 7.05 Å². The molecule has 7 heteroatoms. The van der Waals surface area contributed by atoms with Crippen molar-refractivity contribution in [2.45, 2.75) is 23.7 Å². The molecule has 0 fully saturated rings. The number of tetrazole rings is 1. The third kappa shape index (κ3) is 2.80. The molecule has 0 atom stereocenters. The van der Waals surface area contributed by atoms with Gasteiger partial charge < -0.3 is 5.32 Å². The molecule has 0 aliphatic heterocycles. The zero-order chi connectivity index (χ0) is 12.3. The Morgan fingerprint density at radius 3 is 2.88 bits per heavy atom. The molecule has 2 aromatic heterocycles. The smallest absolute Gasteiger partial charge is 0.215 e. The Morgan fingerprint density at radius 2 is 2.29 bits per heavy atom. The van der Waals surface area contributed by atoms with E-state index in [9.17, 15) is 0 Å². The van der Waals surface area contributed by atoms with Crippen LogP contribution in [0.4, 0.5) is 0 Å². The molecular weight excluding hydrogens is 236 g/mol. The second-order valence-electron chi connectivity index (χ2n) is 3.68. The summed E-state index contributed by atoms with van der Waals surface area (Å²) in [6.45, 7) is 2.86. The first kappa shape index (κ1) is 12.0. The van der Waals surface area contributed by atoms with Gasteiger partial charge in [-0.2, -0.15) is 0 Å². The number of aryl methyl sites for hydroxylation is 2. The molecule has 0 bridgehead atoms. The lowest BCUT2D eigenvalue weighted by atomic mass is 10.2. The molecule has 0 aromatic carbocycles. The second-order valence-corrected chi connectivity index (χ2v) is 4.64. The minimum atomic E-state index is 0.738. The van der Waals surface area contributed by atoms with E-state index < -0.39 is 0 Å². The van der Waals surface area contributed by atoms with Gasteiger partial charge in [0.2, 0.25) is 5.16 Å². The molecule has 0 amide bonds. The highest BCUT2D eigenvalue weighted by atomic mass is 32.2. The van der Waals surface area contributed by atoms with Crippen LogP contribution in [0.3, 0.4) is 0 Å². The number of pyridine rings is 1. The Kier molecular flexibility index (Phi) is 3.70. The van der Waals surface area contributed by atoms with E-state index in [4.69, 9.17) is 0 Å². The molecule has 0 saturated heterocycles. The van der Waals surface area contributed by atoms with E-state index in [2.05, 4.69) is 31.9 Å². The molecular formula is C10H14N6S. The molecule has 2 rings (SSSR count). The second kappa shape index (κ2) is 5.24. The van der Waals surface area contributed by atoms with E-state index in [-0.39, 0.29) is 0 Å². The Morgan fingerprint density at radius 1 is 1.47 bits per heavy atom. The van der Waals surface area contributed by atoms with Crippen molar-refractivity contribution >= 4 is 11.8 Å². The molecule has 2 aromatic rings. The van der Waals surface area contributed by atoms with Crippen molar-refractivity contribution in [3.8, 4) is 0 Å². The monoisotopic (exact) mass is 250 g/mol. The van der Waals surface area contributed by atoms with Crippen LogP contribution in [0.5, 0.6) is 0 Å². The molecule has 0 aliphatic carbocycles. The maximum atomic E-state index is 4.43. The highest BCUT2D eigenvalue weighted by molar-refractivity contribution is 7.99. The van der Waals surface area contributed by atoms with Gasteiger partial charge >= 0.3 is 0 Å². The third-order valence-corrected chi connectivity index (χ3v) is 3.39. The first-order valence-electron chi connectivity index (χ1n) is 5.21. The van der Waals surface area contributed by atoms with Crippen LogP contribution in [-0.4, -0.2) is 32.2 Å². The van der Waals surface area contributed by atoms with Crippen LogP contribution >= 0.6 is 11.8 Å². The van der Waals surface area contributed by atoms with Gasteiger partial charge in [-0.3, -0.25) is 0 Å². The Labute approximate surface area is 104 Å². The number of aromatic nitrogens is 5. The molecule has 2 heterocycles. The average molecular weight is 250 g/mol. The summed E-state index contributed by atoms with van der Waals surface area (Å²) >= 11 is 1.47. The molecule has 0 radical (unpaired) electrons. The molecule has 0 saturated carbocycles. The topological polar surface area (TPSA) is 68.5 Å². The van der Waals surface area contributed by atoms with Crippen LogP contribution in [0.25, 0.3) is 0 Å². The maximum Gasteiger partial charge on any atom is 0.215 e. The van der Waals surface area contributed by atoms with E-state index in [0.717, 1.165) is 22.3 Å². The molecule has 0 spiro atoms. The minimum absolute atomic E-state index is 0.738.